The molecule has 0 saturated heterocycles. The van der Waals surface area contributed by atoms with Crippen molar-refractivity contribution in [3.05, 3.63) is 69.6 Å². The van der Waals surface area contributed by atoms with E-state index in [-0.39, 0.29) is 11.5 Å². The van der Waals surface area contributed by atoms with Crippen LogP contribution in [0.25, 0.3) is 0 Å². The second-order valence-electron chi connectivity index (χ2n) is 6.27. The van der Waals surface area contributed by atoms with Crippen LogP contribution < -0.4 is 10.5 Å². The maximum absolute atomic E-state index is 12.1. The van der Waals surface area contributed by atoms with Crippen LogP contribution in [0.15, 0.2) is 47.7 Å². The first-order valence-electron chi connectivity index (χ1n) is 8.41. The van der Waals surface area contributed by atoms with E-state index < -0.39 is 0 Å². The summed E-state index contributed by atoms with van der Waals surface area (Å²) in [6, 6.07) is 7.37. The highest BCUT2D eigenvalue weighted by Crippen LogP contribution is 2.17. The van der Waals surface area contributed by atoms with Gasteiger partial charge in [-0.25, -0.2) is 4.98 Å². The van der Waals surface area contributed by atoms with E-state index in [1.807, 2.05) is 37.1 Å². The summed E-state index contributed by atoms with van der Waals surface area (Å²) in [5.41, 5.74) is 1.56. The number of nitrogens with zero attached hydrogens (tertiary/aromatic N) is 5. The average molecular weight is 373 g/mol. The lowest BCUT2D eigenvalue weighted by Gasteiger charge is -2.19. The van der Waals surface area contributed by atoms with Gasteiger partial charge >= 0.3 is 0 Å². The number of anilines is 1. The third kappa shape index (κ3) is 4.70. The number of nitrogens with one attached hydrogen (secondary N) is 1. The zero-order valence-electron chi connectivity index (χ0n) is 14.8. The largest absolute Gasteiger partial charge is 0.345 e. The third-order valence-electron chi connectivity index (χ3n) is 4.11. The minimum Gasteiger partial charge on any atom is -0.345 e. The van der Waals surface area contributed by atoms with Crippen molar-refractivity contribution in [3.8, 4) is 0 Å². The highest BCUT2D eigenvalue weighted by molar-refractivity contribution is 6.30. The Morgan fingerprint density at radius 1 is 1.38 bits per heavy atom. The topological polar surface area (TPSA) is 79.7 Å². The molecule has 3 heterocycles. The van der Waals surface area contributed by atoms with E-state index >= 15 is 0 Å². The molecule has 3 aromatic rings. The molecule has 0 fully saturated rings. The molecule has 26 heavy (non-hydrogen) atoms. The maximum atomic E-state index is 12.1. The predicted molar refractivity (Wildman–Crippen MR) is 102 cm³/mol. The fraction of sp³-hybridized carbons (Fsp3) is 0.333. The molecule has 0 spiro atoms. The minimum absolute atomic E-state index is 0.0243. The summed E-state index contributed by atoms with van der Waals surface area (Å²) < 4.78 is 1.75. The number of likely N-dealkylation sites (N-methyl/N-ethyl adjacent to an activating group) is 1. The van der Waals surface area contributed by atoms with Gasteiger partial charge in [-0.15, -0.1) is 0 Å². The van der Waals surface area contributed by atoms with Crippen LogP contribution in [0.2, 0.25) is 5.02 Å². The summed E-state index contributed by atoms with van der Waals surface area (Å²) in [5.74, 6) is 0.574. The molecule has 0 saturated carbocycles. The Morgan fingerprint density at radius 3 is 2.92 bits per heavy atom. The van der Waals surface area contributed by atoms with E-state index in [1.165, 1.54) is 6.07 Å². The van der Waals surface area contributed by atoms with E-state index in [9.17, 15) is 4.79 Å². The predicted octanol–water partition coefficient (Wildman–Crippen LogP) is 2.50. The Balaban J connectivity index is 1.71. The van der Waals surface area contributed by atoms with Gasteiger partial charge in [0.15, 0.2) is 0 Å². The van der Waals surface area contributed by atoms with Crippen LogP contribution in [-0.4, -0.2) is 38.3 Å². The van der Waals surface area contributed by atoms with Gasteiger partial charge in [-0.05, 0) is 12.1 Å². The van der Waals surface area contributed by atoms with E-state index in [4.69, 9.17) is 11.6 Å². The summed E-state index contributed by atoms with van der Waals surface area (Å²) in [6.45, 7) is 3.31. The quantitative estimate of drug-likeness (QED) is 0.689. The molecule has 0 aliphatic heterocycles. The summed E-state index contributed by atoms with van der Waals surface area (Å²) in [6.07, 6.45) is 5.90. The van der Waals surface area contributed by atoms with Gasteiger partial charge in [0.05, 0.1) is 16.9 Å². The normalized spacial score (nSPS) is 12.1. The van der Waals surface area contributed by atoms with Crippen LogP contribution >= 0.6 is 11.6 Å². The standard InChI is InChI=1S/C18H21ClN6O/c1-13(11-25-12-14(19)10-21-25)16-9-17(26)23-18(22-16)24(2)8-6-15-5-3-4-7-20-15/h3-5,7,9-10,12-13H,6,8,11H2,1-2H3,(H,22,23,26)/t13-/m1/s1. The van der Waals surface area contributed by atoms with Gasteiger partial charge in [0.2, 0.25) is 5.95 Å². The van der Waals surface area contributed by atoms with Crippen molar-refractivity contribution in [3.63, 3.8) is 0 Å². The van der Waals surface area contributed by atoms with Gasteiger partial charge in [0.25, 0.3) is 5.56 Å². The lowest BCUT2D eigenvalue weighted by atomic mass is 10.1. The van der Waals surface area contributed by atoms with Crippen molar-refractivity contribution in [2.75, 3.05) is 18.5 Å². The number of aromatic nitrogens is 5. The molecule has 0 unspecified atom stereocenters. The van der Waals surface area contributed by atoms with Crippen LogP contribution in [-0.2, 0) is 13.0 Å². The summed E-state index contributed by atoms with van der Waals surface area (Å²) in [4.78, 5) is 25.7. The van der Waals surface area contributed by atoms with E-state index in [1.54, 1.807) is 23.3 Å². The summed E-state index contributed by atoms with van der Waals surface area (Å²) in [7, 11) is 1.91. The number of H-pyrrole nitrogens is 1. The molecule has 7 nitrogen and oxygen atoms in total. The minimum atomic E-state index is -0.167. The van der Waals surface area contributed by atoms with E-state index in [0.29, 0.717) is 24.1 Å². The van der Waals surface area contributed by atoms with Crippen molar-refractivity contribution in [2.45, 2.75) is 25.8 Å². The van der Waals surface area contributed by atoms with Crippen LogP contribution in [0.5, 0.6) is 0 Å². The molecule has 8 heteroatoms. The molecule has 3 aromatic heterocycles. The highest BCUT2D eigenvalue weighted by Gasteiger charge is 2.13. The van der Waals surface area contributed by atoms with Gasteiger partial charge in [-0.1, -0.05) is 24.6 Å². The van der Waals surface area contributed by atoms with Gasteiger partial charge in [0.1, 0.15) is 0 Å². The monoisotopic (exact) mass is 372 g/mol. The zero-order chi connectivity index (χ0) is 18.5. The zero-order valence-corrected chi connectivity index (χ0v) is 15.5. The van der Waals surface area contributed by atoms with Crippen molar-refractivity contribution < 1.29 is 0 Å². The molecule has 0 aromatic carbocycles. The Hall–Kier alpha value is -2.67. The molecule has 0 bridgehead atoms. The molecule has 0 amide bonds. The van der Waals surface area contributed by atoms with Gasteiger partial charge in [-0.3, -0.25) is 19.4 Å². The molecule has 3 rings (SSSR count). The first-order valence-corrected chi connectivity index (χ1v) is 8.79. The molecule has 0 aliphatic carbocycles. The SMILES string of the molecule is C[C@H](Cn1cc(Cl)cn1)c1cc(=O)[nH]c(N(C)CCc2ccccn2)n1. The first-order chi connectivity index (χ1) is 12.5. The van der Waals surface area contributed by atoms with Gasteiger partial charge in [0, 0.05) is 56.6 Å². The number of hydrogen-bond donors (Lipinski definition) is 1. The Kier molecular flexibility index (Phi) is 5.68. The van der Waals surface area contributed by atoms with Gasteiger partial charge < -0.3 is 4.90 Å². The first kappa shape index (κ1) is 18.1. The van der Waals surface area contributed by atoms with Gasteiger partial charge in [-0.2, -0.15) is 5.10 Å². The number of rotatable bonds is 7. The lowest BCUT2D eigenvalue weighted by molar-refractivity contribution is 0.533. The molecular formula is C18H21ClN6O. The molecule has 0 radical (unpaired) electrons. The van der Waals surface area contributed by atoms with Crippen molar-refractivity contribution in [1.82, 2.24) is 24.7 Å². The van der Waals surface area contributed by atoms with E-state index in [0.717, 1.165) is 17.8 Å². The summed E-state index contributed by atoms with van der Waals surface area (Å²) in [5, 5.41) is 4.77. The number of aromatic amines is 1. The Labute approximate surface area is 156 Å². The maximum Gasteiger partial charge on any atom is 0.252 e. The summed E-state index contributed by atoms with van der Waals surface area (Å²) >= 11 is 5.90. The number of halogens is 1. The molecule has 0 aliphatic rings. The number of pyridine rings is 1. The fourth-order valence-electron chi connectivity index (χ4n) is 2.64. The molecule has 1 atom stereocenters. The smallest absolute Gasteiger partial charge is 0.252 e. The molecular weight excluding hydrogens is 352 g/mol. The highest BCUT2D eigenvalue weighted by atomic mass is 35.5. The lowest BCUT2D eigenvalue weighted by Crippen LogP contribution is -2.26. The number of hydrogen-bond acceptors (Lipinski definition) is 5. The van der Waals surface area contributed by atoms with E-state index in [2.05, 4.69) is 20.1 Å². The fourth-order valence-corrected chi connectivity index (χ4v) is 2.80. The van der Waals surface area contributed by atoms with Crippen LogP contribution in [0, 0.1) is 0 Å². The third-order valence-corrected chi connectivity index (χ3v) is 4.30. The molecule has 1 N–H and O–H groups in total. The van der Waals surface area contributed by atoms with Crippen LogP contribution in [0.3, 0.4) is 0 Å². The Morgan fingerprint density at radius 2 is 2.23 bits per heavy atom. The van der Waals surface area contributed by atoms with Crippen molar-refractivity contribution in [2.24, 2.45) is 0 Å². The van der Waals surface area contributed by atoms with Crippen LogP contribution in [0.4, 0.5) is 5.95 Å². The Bertz CT molecular complexity index is 907. The van der Waals surface area contributed by atoms with Crippen molar-refractivity contribution >= 4 is 17.5 Å². The second kappa shape index (κ2) is 8.14. The average Bonchev–Trinajstić information content (AvgIpc) is 3.04. The second-order valence-corrected chi connectivity index (χ2v) is 6.70. The molecule has 136 valence electrons. The van der Waals surface area contributed by atoms with Crippen LogP contribution in [0.1, 0.15) is 24.2 Å². The van der Waals surface area contributed by atoms with Crippen molar-refractivity contribution in [1.29, 1.82) is 0 Å².